The summed E-state index contributed by atoms with van der Waals surface area (Å²) in [6.45, 7) is 1.96. The number of hydrogen-bond acceptors (Lipinski definition) is 2. The number of aromatic nitrogens is 1. The van der Waals surface area contributed by atoms with E-state index >= 15 is 0 Å². The first kappa shape index (κ1) is 8.32. The second kappa shape index (κ2) is 2.89. The summed E-state index contributed by atoms with van der Waals surface area (Å²) in [5, 5.41) is 11.0. The van der Waals surface area contributed by atoms with Crippen molar-refractivity contribution in [3.8, 4) is 5.75 Å². The molecule has 0 radical (unpaired) electrons. The number of hydrogen-bond donors (Lipinski definition) is 1. The van der Waals surface area contributed by atoms with Gasteiger partial charge in [-0.2, -0.15) is 0 Å². The standard InChI is InChI=1S/C10H8ClNO/c1-6-2-3-12-10-8(6)4-7(11)5-9(10)13/h2-5,13H,1H3. The number of pyridine rings is 1. The Morgan fingerprint density at radius 2 is 2.15 bits per heavy atom. The van der Waals surface area contributed by atoms with Crippen LogP contribution >= 0.6 is 11.6 Å². The molecule has 1 N–H and O–H groups in total. The Kier molecular flexibility index (Phi) is 1.85. The van der Waals surface area contributed by atoms with E-state index in [0.29, 0.717) is 10.5 Å². The molecule has 0 aliphatic rings. The van der Waals surface area contributed by atoms with Gasteiger partial charge in [-0.15, -0.1) is 0 Å². The van der Waals surface area contributed by atoms with E-state index in [1.807, 2.05) is 13.0 Å². The summed E-state index contributed by atoms with van der Waals surface area (Å²) in [4.78, 5) is 4.07. The van der Waals surface area contributed by atoms with Crippen molar-refractivity contribution in [2.45, 2.75) is 6.92 Å². The summed E-state index contributed by atoms with van der Waals surface area (Å²) in [6, 6.07) is 5.19. The molecule has 1 heterocycles. The molecule has 3 heteroatoms. The fourth-order valence-corrected chi connectivity index (χ4v) is 1.55. The quantitative estimate of drug-likeness (QED) is 0.698. The minimum absolute atomic E-state index is 0.131. The SMILES string of the molecule is Cc1ccnc2c(O)cc(Cl)cc12. The fraction of sp³-hybridized carbons (Fsp3) is 0.100. The molecule has 0 amide bonds. The van der Waals surface area contributed by atoms with E-state index in [0.717, 1.165) is 10.9 Å². The van der Waals surface area contributed by atoms with Crippen LogP contribution in [-0.4, -0.2) is 10.1 Å². The van der Waals surface area contributed by atoms with Gasteiger partial charge in [-0.05, 0) is 24.6 Å². The third-order valence-electron chi connectivity index (χ3n) is 2.01. The molecule has 0 fully saturated rings. The van der Waals surface area contributed by atoms with Crippen molar-refractivity contribution in [1.29, 1.82) is 0 Å². The highest BCUT2D eigenvalue weighted by Crippen LogP contribution is 2.28. The summed E-state index contributed by atoms with van der Waals surface area (Å²) in [7, 11) is 0. The molecule has 2 aromatic rings. The lowest BCUT2D eigenvalue weighted by atomic mass is 10.1. The van der Waals surface area contributed by atoms with Gasteiger partial charge in [-0.1, -0.05) is 11.6 Å². The molecule has 0 spiro atoms. The Bertz CT molecular complexity index is 468. The number of halogens is 1. The zero-order valence-electron chi connectivity index (χ0n) is 7.08. The van der Waals surface area contributed by atoms with Crippen LogP contribution in [0.15, 0.2) is 24.4 Å². The molecule has 66 valence electrons. The third kappa shape index (κ3) is 1.33. The zero-order valence-corrected chi connectivity index (χ0v) is 7.84. The van der Waals surface area contributed by atoms with E-state index in [9.17, 15) is 5.11 Å². The maximum atomic E-state index is 9.53. The van der Waals surface area contributed by atoms with E-state index in [1.54, 1.807) is 12.3 Å². The molecule has 0 atom stereocenters. The summed E-state index contributed by atoms with van der Waals surface area (Å²) in [5.74, 6) is 0.131. The van der Waals surface area contributed by atoms with Crippen molar-refractivity contribution >= 4 is 22.5 Å². The van der Waals surface area contributed by atoms with Gasteiger partial charge >= 0.3 is 0 Å². The summed E-state index contributed by atoms with van der Waals surface area (Å²) in [6.07, 6.45) is 1.67. The first-order valence-electron chi connectivity index (χ1n) is 3.92. The Hall–Kier alpha value is -1.28. The second-order valence-corrected chi connectivity index (χ2v) is 3.39. The van der Waals surface area contributed by atoms with Crippen LogP contribution in [0.2, 0.25) is 5.02 Å². The second-order valence-electron chi connectivity index (χ2n) is 2.95. The predicted molar refractivity (Wildman–Crippen MR) is 53.2 cm³/mol. The van der Waals surface area contributed by atoms with Crippen LogP contribution < -0.4 is 0 Å². The maximum Gasteiger partial charge on any atom is 0.143 e. The smallest absolute Gasteiger partial charge is 0.143 e. The van der Waals surface area contributed by atoms with Crippen LogP contribution in [0.3, 0.4) is 0 Å². The highest BCUT2D eigenvalue weighted by Gasteiger charge is 2.04. The number of rotatable bonds is 0. The Morgan fingerprint density at radius 1 is 1.38 bits per heavy atom. The Labute approximate surface area is 80.8 Å². The third-order valence-corrected chi connectivity index (χ3v) is 2.23. The normalized spacial score (nSPS) is 10.6. The first-order chi connectivity index (χ1) is 6.18. The van der Waals surface area contributed by atoms with Crippen molar-refractivity contribution in [3.63, 3.8) is 0 Å². The van der Waals surface area contributed by atoms with Gasteiger partial charge in [0.15, 0.2) is 0 Å². The number of nitrogens with zero attached hydrogens (tertiary/aromatic N) is 1. The number of aromatic hydroxyl groups is 1. The highest BCUT2D eigenvalue weighted by atomic mass is 35.5. The largest absolute Gasteiger partial charge is 0.506 e. The molecule has 2 nitrogen and oxygen atoms in total. The van der Waals surface area contributed by atoms with Crippen molar-refractivity contribution < 1.29 is 5.11 Å². The molecule has 2 rings (SSSR count). The molecular formula is C10H8ClNO. The molecule has 0 saturated carbocycles. The zero-order chi connectivity index (χ0) is 9.42. The van der Waals surface area contributed by atoms with Gasteiger partial charge in [-0.3, -0.25) is 4.98 Å². The minimum Gasteiger partial charge on any atom is -0.506 e. The molecule has 1 aromatic carbocycles. The van der Waals surface area contributed by atoms with Crippen LogP contribution in [0.1, 0.15) is 5.56 Å². The van der Waals surface area contributed by atoms with E-state index in [1.165, 1.54) is 6.07 Å². The van der Waals surface area contributed by atoms with Gasteiger partial charge in [0.25, 0.3) is 0 Å². The monoisotopic (exact) mass is 193 g/mol. The van der Waals surface area contributed by atoms with Crippen molar-refractivity contribution in [2.24, 2.45) is 0 Å². The van der Waals surface area contributed by atoms with Crippen LogP contribution in [0.25, 0.3) is 10.9 Å². The molecule has 0 saturated heterocycles. The maximum absolute atomic E-state index is 9.53. The van der Waals surface area contributed by atoms with Gasteiger partial charge < -0.3 is 5.11 Å². The van der Waals surface area contributed by atoms with Crippen molar-refractivity contribution in [3.05, 3.63) is 35.0 Å². The van der Waals surface area contributed by atoms with Crippen LogP contribution in [0, 0.1) is 6.92 Å². The molecule has 0 aliphatic heterocycles. The van der Waals surface area contributed by atoms with E-state index in [2.05, 4.69) is 4.98 Å². The molecule has 1 aromatic heterocycles. The lowest BCUT2D eigenvalue weighted by Gasteiger charge is -2.03. The Balaban J connectivity index is 2.94. The van der Waals surface area contributed by atoms with Crippen molar-refractivity contribution in [2.75, 3.05) is 0 Å². The minimum atomic E-state index is 0.131. The van der Waals surface area contributed by atoms with Gasteiger partial charge in [-0.25, -0.2) is 0 Å². The lowest BCUT2D eigenvalue weighted by Crippen LogP contribution is -1.83. The summed E-state index contributed by atoms with van der Waals surface area (Å²) >= 11 is 5.81. The summed E-state index contributed by atoms with van der Waals surface area (Å²) in [5.41, 5.74) is 1.66. The number of fused-ring (bicyclic) bond motifs is 1. The number of benzene rings is 1. The molecule has 0 unspecified atom stereocenters. The van der Waals surface area contributed by atoms with E-state index in [4.69, 9.17) is 11.6 Å². The van der Waals surface area contributed by atoms with Crippen LogP contribution in [0.5, 0.6) is 5.75 Å². The topological polar surface area (TPSA) is 33.1 Å². The highest BCUT2D eigenvalue weighted by molar-refractivity contribution is 6.31. The summed E-state index contributed by atoms with van der Waals surface area (Å²) < 4.78 is 0. The number of aryl methyl sites for hydroxylation is 1. The lowest BCUT2D eigenvalue weighted by molar-refractivity contribution is 0.480. The van der Waals surface area contributed by atoms with Crippen LogP contribution in [0.4, 0.5) is 0 Å². The average molecular weight is 194 g/mol. The molecule has 0 bridgehead atoms. The number of phenolic OH excluding ortho intramolecular Hbond substituents is 1. The molecule has 13 heavy (non-hydrogen) atoms. The molecular weight excluding hydrogens is 186 g/mol. The van der Waals surface area contributed by atoms with Gasteiger partial charge in [0.05, 0.1) is 0 Å². The Morgan fingerprint density at radius 3 is 2.92 bits per heavy atom. The van der Waals surface area contributed by atoms with Gasteiger partial charge in [0, 0.05) is 22.7 Å². The molecule has 0 aliphatic carbocycles. The first-order valence-corrected chi connectivity index (χ1v) is 4.30. The van der Waals surface area contributed by atoms with Gasteiger partial charge in [0.1, 0.15) is 11.3 Å². The average Bonchev–Trinajstić information content (AvgIpc) is 2.07. The number of phenols is 1. The van der Waals surface area contributed by atoms with E-state index in [-0.39, 0.29) is 5.75 Å². The van der Waals surface area contributed by atoms with Gasteiger partial charge in [0.2, 0.25) is 0 Å². The van der Waals surface area contributed by atoms with E-state index < -0.39 is 0 Å². The fourth-order valence-electron chi connectivity index (χ4n) is 1.33. The van der Waals surface area contributed by atoms with Crippen molar-refractivity contribution in [1.82, 2.24) is 4.98 Å². The van der Waals surface area contributed by atoms with Crippen LogP contribution in [-0.2, 0) is 0 Å². The predicted octanol–water partition coefficient (Wildman–Crippen LogP) is 2.90.